The number of aryl methyl sites for hydroxylation is 1. The first-order valence-corrected chi connectivity index (χ1v) is 9.64. The zero-order valence-corrected chi connectivity index (χ0v) is 16.5. The van der Waals surface area contributed by atoms with E-state index in [0.29, 0.717) is 46.5 Å². The van der Waals surface area contributed by atoms with Crippen LogP contribution in [0.5, 0.6) is 0 Å². The Morgan fingerprint density at radius 2 is 2.10 bits per heavy atom. The van der Waals surface area contributed by atoms with E-state index in [4.69, 9.17) is 0 Å². The number of allylic oxidation sites excluding steroid dienone is 1. The van der Waals surface area contributed by atoms with E-state index in [1.807, 2.05) is 0 Å². The Morgan fingerprint density at radius 1 is 1.27 bits per heavy atom. The van der Waals surface area contributed by atoms with Crippen molar-refractivity contribution in [3.8, 4) is 0 Å². The summed E-state index contributed by atoms with van der Waals surface area (Å²) < 4.78 is 1.44. The molecule has 30 heavy (non-hydrogen) atoms. The molecule has 1 aromatic carbocycles. The number of rotatable bonds is 4. The maximum absolute atomic E-state index is 13.4. The van der Waals surface area contributed by atoms with Crippen LogP contribution in [0.15, 0.2) is 59.7 Å². The summed E-state index contributed by atoms with van der Waals surface area (Å²) in [5.74, 6) is -0.133. The summed E-state index contributed by atoms with van der Waals surface area (Å²) >= 11 is 0. The minimum atomic E-state index is -0.643. The van der Waals surface area contributed by atoms with E-state index >= 15 is 0 Å². The van der Waals surface area contributed by atoms with E-state index < -0.39 is 6.04 Å². The third kappa shape index (κ3) is 3.59. The number of amides is 2. The Hall–Kier alpha value is -3.81. The van der Waals surface area contributed by atoms with Gasteiger partial charge in [0.1, 0.15) is 17.6 Å². The molecule has 1 aliphatic heterocycles. The van der Waals surface area contributed by atoms with Crippen LogP contribution in [0.2, 0.25) is 0 Å². The molecule has 8 nitrogen and oxygen atoms in total. The Labute approximate surface area is 172 Å². The Bertz CT molecular complexity index is 1220. The molecule has 3 aromatic rings. The molecule has 152 valence electrons. The largest absolute Gasteiger partial charge is 0.347 e. The normalized spacial score (nSPS) is 16.4. The first-order chi connectivity index (χ1) is 14.5. The molecule has 0 saturated carbocycles. The predicted molar refractivity (Wildman–Crippen MR) is 112 cm³/mol. The highest BCUT2D eigenvalue weighted by atomic mass is 16.2. The van der Waals surface area contributed by atoms with E-state index in [9.17, 15) is 14.4 Å². The summed E-state index contributed by atoms with van der Waals surface area (Å²) in [6, 6.07) is 9.75. The van der Waals surface area contributed by atoms with Crippen LogP contribution in [-0.2, 0) is 11.3 Å². The fourth-order valence-corrected chi connectivity index (χ4v) is 3.71. The third-order valence-electron chi connectivity index (χ3n) is 5.16. The second-order valence-electron chi connectivity index (χ2n) is 7.19. The number of aromatic nitrogens is 3. The molecule has 1 unspecified atom stereocenters. The quantitative estimate of drug-likeness (QED) is 0.693. The van der Waals surface area contributed by atoms with Crippen molar-refractivity contribution in [2.45, 2.75) is 32.4 Å². The number of hydrogen-bond donors (Lipinski definition) is 2. The van der Waals surface area contributed by atoms with Gasteiger partial charge in [-0.1, -0.05) is 24.8 Å². The Morgan fingerprint density at radius 3 is 2.83 bits per heavy atom. The molecule has 0 bridgehead atoms. The van der Waals surface area contributed by atoms with Gasteiger partial charge in [0, 0.05) is 18.4 Å². The number of benzene rings is 1. The molecule has 0 radical (unpaired) electrons. The first kappa shape index (κ1) is 19.5. The summed E-state index contributed by atoms with van der Waals surface area (Å²) in [6.07, 6.45) is 2.63. The highest BCUT2D eigenvalue weighted by molar-refractivity contribution is 5.92. The molecule has 0 aliphatic carbocycles. The molecule has 1 fully saturated rings. The maximum atomic E-state index is 13.4. The van der Waals surface area contributed by atoms with Gasteiger partial charge < -0.3 is 10.6 Å². The van der Waals surface area contributed by atoms with Crippen molar-refractivity contribution in [1.29, 1.82) is 0 Å². The number of hydrogen-bond acceptors (Lipinski definition) is 5. The van der Waals surface area contributed by atoms with Gasteiger partial charge in [0.05, 0.1) is 10.9 Å². The third-order valence-corrected chi connectivity index (χ3v) is 5.16. The number of nitrogens with one attached hydrogen (secondary N) is 2. The molecule has 1 aliphatic rings. The average Bonchev–Trinajstić information content (AvgIpc) is 2.73. The lowest BCUT2D eigenvalue weighted by Gasteiger charge is -2.26. The number of piperidine rings is 1. The summed E-state index contributed by atoms with van der Waals surface area (Å²) in [5.41, 5.74) is 1.80. The van der Waals surface area contributed by atoms with E-state index in [0.717, 1.165) is 0 Å². The minimum absolute atomic E-state index is 0.139. The summed E-state index contributed by atoms with van der Waals surface area (Å²) in [5, 5.41) is 5.90. The fourth-order valence-electron chi connectivity index (χ4n) is 3.71. The van der Waals surface area contributed by atoms with Gasteiger partial charge in [-0.3, -0.25) is 23.9 Å². The van der Waals surface area contributed by atoms with Crippen LogP contribution in [0.25, 0.3) is 10.9 Å². The van der Waals surface area contributed by atoms with Gasteiger partial charge in [0.2, 0.25) is 5.91 Å². The smallest absolute Gasteiger partial charge is 0.270 e. The van der Waals surface area contributed by atoms with Crippen LogP contribution in [-0.4, -0.2) is 26.3 Å². The number of pyridine rings is 1. The standard InChI is InChI=1S/C22H21N5O3/c1-13-9-10-18(21(29)25-13)27-14(2)26-16-8-5-6-15(19(16)22(27)30)12-24-20(28)17-7-3-4-11-23-17/h3-8,11,18H,1,9-10,12H2,2H3,(H,24,28)(H,25,29). The molecule has 1 saturated heterocycles. The summed E-state index contributed by atoms with van der Waals surface area (Å²) in [7, 11) is 0. The molecule has 2 aromatic heterocycles. The molecule has 2 N–H and O–H groups in total. The minimum Gasteiger partial charge on any atom is -0.347 e. The first-order valence-electron chi connectivity index (χ1n) is 9.64. The zero-order chi connectivity index (χ0) is 21.3. The van der Waals surface area contributed by atoms with Crippen molar-refractivity contribution in [3.63, 3.8) is 0 Å². The van der Waals surface area contributed by atoms with Crippen LogP contribution < -0.4 is 16.2 Å². The maximum Gasteiger partial charge on any atom is 0.270 e. The predicted octanol–water partition coefficient (Wildman–Crippen LogP) is 1.99. The zero-order valence-electron chi connectivity index (χ0n) is 16.5. The van der Waals surface area contributed by atoms with Crippen LogP contribution in [0.1, 0.15) is 40.8 Å². The van der Waals surface area contributed by atoms with Gasteiger partial charge in [0.15, 0.2) is 0 Å². The van der Waals surface area contributed by atoms with Gasteiger partial charge in [-0.25, -0.2) is 4.98 Å². The molecular formula is C22H21N5O3. The number of carbonyl (C=O) groups excluding carboxylic acids is 2. The van der Waals surface area contributed by atoms with Crippen LogP contribution in [0.3, 0.4) is 0 Å². The molecular weight excluding hydrogens is 382 g/mol. The molecule has 1 atom stereocenters. The van der Waals surface area contributed by atoms with Gasteiger partial charge in [-0.05, 0) is 43.5 Å². The van der Waals surface area contributed by atoms with Crippen LogP contribution in [0, 0.1) is 6.92 Å². The van der Waals surface area contributed by atoms with E-state index in [2.05, 4.69) is 27.2 Å². The number of nitrogens with zero attached hydrogens (tertiary/aromatic N) is 3. The molecule has 8 heteroatoms. The fraction of sp³-hybridized carbons (Fsp3) is 0.227. The van der Waals surface area contributed by atoms with Crippen molar-refractivity contribution < 1.29 is 9.59 Å². The highest BCUT2D eigenvalue weighted by Crippen LogP contribution is 2.23. The lowest BCUT2D eigenvalue weighted by molar-refractivity contribution is -0.124. The summed E-state index contributed by atoms with van der Waals surface area (Å²) in [4.78, 5) is 46.8. The topological polar surface area (TPSA) is 106 Å². The van der Waals surface area contributed by atoms with Crippen molar-refractivity contribution in [1.82, 2.24) is 25.2 Å². The van der Waals surface area contributed by atoms with Crippen LogP contribution in [0.4, 0.5) is 0 Å². The van der Waals surface area contributed by atoms with Gasteiger partial charge >= 0.3 is 0 Å². The van der Waals surface area contributed by atoms with Crippen molar-refractivity contribution >= 4 is 22.7 Å². The molecule has 0 spiro atoms. The Balaban J connectivity index is 1.71. The number of fused-ring (bicyclic) bond motifs is 1. The second-order valence-corrected chi connectivity index (χ2v) is 7.19. The second kappa shape index (κ2) is 7.90. The van der Waals surface area contributed by atoms with Gasteiger partial charge in [-0.2, -0.15) is 0 Å². The van der Waals surface area contributed by atoms with E-state index in [1.54, 1.807) is 49.5 Å². The van der Waals surface area contributed by atoms with Gasteiger partial charge in [-0.15, -0.1) is 0 Å². The van der Waals surface area contributed by atoms with Gasteiger partial charge in [0.25, 0.3) is 11.5 Å². The summed E-state index contributed by atoms with van der Waals surface area (Å²) in [6.45, 7) is 5.64. The molecule has 4 rings (SSSR count). The lowest BCUT2D eigenvalue weighted by atomic mass is 10.0. The monoisotopic (exact) mass is 403 g/mol. The van der Waals surface area contributed by atoms with Crippen molar-refractivity contribution in [2.24, 2.45) is 0 Å². The molecule has 2 amide bonds. The Kier molecular flexibility index (Phi) is 5.14. The van der Waals surface area contributed by atoms with E-state index in [1.165, 1.54) is 4.57 Å². The number of carbonyl (C=O) groups is 2. The van der Waals surface area contributed by atoms with Crippen LogP contribution >= 0.6 is 0 Å². The van der Waals surface area contributed by atoms with Crippen molar-refractivity contribution in [2.75, 3.05) is 0 Å². The molecule has 3 heterocycles. The lowest BCUT2D eigenvalue weighted by Crippen LogP contribution is -2.41. The van der Waals surface area contributed by atoms with E-state index in [-0.39, 0.29) is 23.9 Å². The average molecular weight is 403 g/mol. The SMILES string of the molecule is C=C1CCC(n2c(C)nc3cccc(CNC(=O)c4ccccn4)c3c2=O)C(=O)N1. The van der Waals surface area contributed by atoms with Crippen molar-refractivity contribution in [3.05, 3.63) is 82.3 Å². The highest BCUT2D eigenvalue weighted by Gasteiger charge is 2.28.